The molecule has 0 aliphatic heterocycles. The van der Waals surface area contributed by atoms with Crippen molar-refractivity contribution in [2.45, 2.75) is 19.3 Å². The summed E-state index contributed by atoms with van der Waals surface area (Å²) in [6, 6.07) is 10.8. The van der Waals surface area contributed by atoms with Gasteiger partial charge >= 0.3 is 0 Å². The zero-order chi connectivity index (χ0) is 11.4. The average molecular weight is 231 g/mol. The Morgan fingerprint density at radius 1 is 1.31 bits per heavy atom. The van der Waals surface area contributed by atoms with E-state index in [1.54, 1.807) is 11.3 Å². The van der Waals surface area contributed by atoms with Crippen LogP contribution in [0.4, 0.5) is 0 Å². The molecule has 2 rings (SSSR count). The fraction of sp³-hybridized carbons (Fsp3) is 0.286. The zero-order valence-electron chi connectivity index (χ0n) is 9.52. The van der Waals surface area contributed by atoms with E-state index in [1.807, 2.05) is 0 Å². The molecule has 1 aromatic heterocycles. The average Bonchev–Trinajstić information content (AvgIpc) is 2.78. The highest BCUT2D eigenvalue weighted by atomic mass is 32.1. The Labute approximate surface area is 101 Å². The first-order chi connectivity index (χ1) is 7.79. The summed E-state index contributed by atoms with van der Waals surface area (Å²) in [6.07, 6.45) is 1.05. The van der Waals surface area contributed by atoms with Crippen LogP contribution in [0.15, 0.2) is 41.1 Å². The zero-order valence-corrected chi connectivity index (χ0v) is 10.3. The molecule has 2 aromatic rings. The SMILES string of the molecule is Cc1cccc(C(CN)Cc2ccsc2)c1. The summed E-state index contributed by atoms with van der Waals surface area (Å²) in [6.45, 7) is 2.83. The van der Waals surface area contributed by atoms with E-state index in [1.165, 1.54) is 16.7 Å². The van der Waals surface area contributed by atoms with Crippen LogP contribution in [-0.4, -0.2) is 6.54 Å². The molecule has 0 bridgehead atoms. The molecule has 0 aliphatic carbocycles. The van der Waals surface area contributed by atoms with Gasteiger partial charge in [-0.2, -0.15) is 11.3 Å². The molecule has 1 aromatic carbocycles. The molecule has 1 nitrogen and oxygen atoms in total. The van der Waals surface area contributed by atoms with Crippen molar-refractivity contribution in [1.29, 1.82) is 0 Å². The molecule has 0 spiro atoms. The molecule has 2 N–H and O–H groups in total. The van der Waals surface area contributed by atoms with E-state index >= 15 is 0 Å². The molecule has 1 atom stereocenters. The van der Waals surface area contributed by atoms with Crippen LogP contribution >= 0.6 is 11.3 Å². The van der Waals surface area contributed by atoms with Gasteiger partial charge in [-0.3, -0.25) is 0 Å². The molecule has 0 amide bonds. The number of rotatable bonds is 4. The standard InChI is InChI=1S/C14H17NS/c1-11-3-2-4-13(7-11)14(9-15)8-12-5-6-16-10-12/h2-7,10,14H,8-9,15H2,1H3. The van der Waals surface area contributed by atoms with Gasteiger partial charge in [-0.1, -0.05) is 29.8 Å². The maximum Gasteiger partial charge on any atom is 0.000196 e. The second-order valence-electron chi connectivity index (χ2n) is 4.18. The fourth-order valence-electron chi connectivity index (χ4n) is 1.95. The van der Waals surface area contributed by atoms with Gasteiger partial charge in [0.25, 0.3) is 0 Å². The van der Waals surface area contributed by atoms with Crippen LogP contribution < -0.4 is 5.73 Å². The van der Waals surface area contributed by atoms with Crippen molar-refractivity contribution in [2.75, 3.05) is 6.54 Å². The van der Waals surface area contributed by atoms with Crippen molar-refractivity contribution in [3.63, 3.8) is 0 Å². The molecule has 0 saturated carbocycles. The van der Waals surface area contributed by atoms with Gasteiger partial charge in [0, 0.05) is 5.92 Å². The molecule has 2 heteroatoms. The fourth-order valence-corrected chi connectivity index (χ4v) is 2.64. The number of thiophene rings is 1. The molecule has 0 fully saturated rings. The summed E-state index contributed by atoms with van der Waals surface area (Å²) in [7, 11) is 0. The van der Waals surface area contributed by atoms with Gasteiger partial charge in [0.1, 0.15) is 0 Å². The normalized spacial score (nSPS) is 12.6. The number of nitrogens with two attached hydrogens (primary N) is 1. The summed E-state index contributed by atoms with van der Waals surface area (Å²) in [5.74, 6) is 0.439. The highest BCUT2D eigenvalue weighted by molar-refractivity contribution is 7.07. The second-order valence-corrected chi connectivity index (χ2v) is 4.96. The molecule has 1 unspecified atom stereocenters. The van der Waals surface area contributed by atoms with Crippen molar-refractivity contribution >= 4 is 11.3 Å². The first kappa shape index (κ1) is 11.4. The number of hydrogen-bond acceptors (Lipinski definition) is 2. The first-order valence-corrected chi connectivity index (χ1v) is 6.51. The van der Waals surface area contributed by atoms with Crippen molar-refractivity contribution in [2.24, 2.45) is 5.73 Å². The van der Waals surface area contributed by atoms with E-state index < -0.39 is 0 Å². The van der Waals surface area contributed by atoms with Gasteiger partial charge in [-0.25, -0.2) is 0 Å². The Balaban J connectivity index is 2.16. The summed E-state index contributed by atoms with van der Waals surface area (Å²) in [5.41, 5.74) is 9.93. The van der Waals surface area contributed by atoms with Crippen LogP contribution in [-0.2, 0) is 6.42 Å². The lowest BCUT2D eigenvalue weighted by Crippen LogP contribution is -2.14. The van der Waals surface area contributed by atoms with E-state index in [-0.39, 0.29) is 0 Å². The van der Waals surface area contributed by atoms with Crippen molar-refractivity contribution in [1.82, 2.24) is 0 Å². The minimum absolute atomic E-state index is 0.439. The third kappa shape index (κ3) is 2.71. The smallest absolute Gasteiger partial charge is 0.000196 e. The van der Waals surface area contributed by atoms with Crippen LogP contribution in [0.1, 0.15) is 22.6 Å². The quantitative estimate of drug-likeness (QED) is 0.858. The van der Waals surface area contributed by atoms with Gasteiger partial charge in [-0.15, -0.1) is 0 Å². The Morgan fingerprint density at radius 3 is 2.81 bits per heavy atom. The van der Waals surface area contributed by atoms with Crippen LogP contribution in [0.2, 0.25) is 0 Å². The molecular formula is C14H17NS. The number of aryl methyl sites for hydroxylation is 1. The molecular weight excluding hydrogens is 214 g/mol. The van der Waals surface area contributed by atoms with Gasteiger partial charge in [0.15, 0.2) is 0 Å². The van der Waals surface area contributed by atoms with Gasteiger partial charge in [0.2, 0.25) is 0 Å². The van der Waals surface area contributed by atoms with Gasteiger partial charge in [-0.05, 0) is 47.8 Å². The van der Waals surface area contributed by atoms with E-state index in [0.29, 0.717) is 12.5 Å². The van der Waals surface area contributed by atoms with E-state index in [2.05, 4.69) is 48.0 Å². The lowest BCUT2D eigenvalue weighted by atomic mass is 9.92. The number of benzene rings is 1. The molecule has 84 valence electrons. The Morgan fingerprint density at radius 2 is 2.19 bits per heavy atom. The highest BCUT2D eigenvalue weighted by Crippen LogP contribution is 2.22. The van der Waals surface area contributed by atoms with E-state index in [9.17, 15) is 0 Å². The third-order valence-electron chi connectivity index (χ3n) is 2.86. The summed E-state index contributed by atoms with van der Waals surface area (Å²) in [4.78, 5) is 0. The third-order valence-corrected chi connectivity index (χ3v) is 3.59. The van der Waals surface area contributed by atoms with Crippen molar-refractivity contribution in [3.8, 4) is 0 Å². The first-order valence-electron chi connectivity index (χ1n) is 5.57. The summed E-state index contributed by atoms with van der Waals surface area (Å²) >= 11 is 1.75. The summed E-state index contributed by atoms with van der Waals surface area (Å²) in [5, 5.41) is 4.33. The Hall–Kier alpha value is -1.12. The van der Waals surface area contributed by atoms with E-state index in [0.717, 1.165) is 6.42 Å². The molecule has 0 aliphatic rings. The Bertz CT molecular complexity index is 434. The highest BCUT2D eigenvalue weighted by Gasteiger charge is 2.10. The van der Waals surface area contributed by atoms with Crippen LogP contribution in [0, 0.1) is 6.92 Å². The second kappa shape index (κ2) is 5.28. The molecule has 1 heterocycles. The summed E-state index contributed by atoms with van der Waals surface area (Å²) < 4.78 is 0. The van der Waals surface area contributed by atoms with Crippen LogP contribution in [0.25, 0.3) is 0 Å². The topological polar surface area (TPSA) is 26.0 Å². The monoisotopic (exact) mass is 231 g/mol. The lowest BCUT2D eigenvalue weighted by molar-refractivity contribution is 0.695. The Kier molecular flexibility index (Phi) is 3.75. The predicted molar refractivity (Wildman–Crippen MR) is 71.0 cm³/mol. The predicted octanol–water partition coefficient (Wildman–Crippen LogP) is 3.34. The maximum atomic E-state index is 5.87. The van der Waals surface area contributed by atoms with Gasteiger partial charge < -0.3 is 5.73 Å². The molecule has 0 saturated heterocycles. The van der Waals surface area contributed by atoms with Crippen molar-refractivity contribution < 1.29 is 0 Å². The van der Waals surface area contributed by atoms with Crippen LogP contribution in [0.5, 0.6) is 0 Å². The van der Waals surface area contributed by atoms with Crippen LogP contribution in [0.3, 0.4) is 0 Å². The van der Waals surface area contributed by atoms with Crippen molar-refractivity contribution in [3.05, 3.63) is 57.8 Å². The van der Waals surface area contributed by atoms with E-state index in [4.69, 9.17) is 5.73 Å². The number of hydrogen-bond donors (Lipinski definition) is 1. The largest absolute Gasteiger partial charge is 0.330 e. The minimum Gasteiger partial charge on any atom is -0.330 e. The lowest BCUT2D eigenvalue weighted by Gasteiger charge is -2.15. The molecule has 0 radical (unpaired) electrons. The van der Waals surface area contributed by atoms with Gasteiger partial charge in [0.05, 0.1) is 0 Å². The molecule has 16 heavy (non-hydrogen) atoms. The maximum absolute atomic E-state index is 5.87. The minimum atomic E-state index is 0.439.